The Balaban J connectivity index is 2.57. The van der Waals surface area contributed by atoms with Gasteiger partial charge in [-0.15, -0.1) is 0 Å². The van der Waals surface area contributed by atoms with Gasteiger partial charge in [-0.05, 0) is 25.7 Å². The fraction of sp³-hybridized carbons (Fsp3) is 0.667. The number of carbonyl (C=O) groups excluding carboxylic acids is 1. The molecule has 0 unspecified atom stereocenters. The van der Waals surface area contributed by atoms with Crippen LogP contribution in [-0.2, 0) is 5.41 Å². The Morgan fingerprint density at radius 3 is 2.25 bits per heavy atom. The first-order valence-electron chi connectivity index (χ1n) is 8.40. The third-order valence-electron chi connectivity index (χ3n) is 3.86. The Hall–Kier alpha value is -1.98. The number of carbonyl (C=O) groups is 1. The maximum atomic E-state index is 11.6. The van der Waals surface area contributed by atoms with Gasteiger partial charge in [-0.2, -0.15) is 0 Å². The van der Waals surface area contributed by atoms with Gasteiger partial charge in [0.15, 0.2) is 11.5 Å². The number of nitrogens with one attached hydrogen (secondary N) is 2. The summed E-state index contributed by atoms with van der Waals surface area (Å²) in [6.07, 6.45) is 2.60. The molecule has 2 aromatic rings. The van der Waals surface area contributed by atoms with Crippen molar-refractivity contribution in [3.63, 3.8) is 0 Å². The summed E-state index contributed by atoms with van der Waals surface area (Å²) in [5, 5.41) is 6.75. The maximum absolute atomic E-state index is 11.6. The lowest BCUT2D eigenvalue weighted by molar-refractivity contribution is 0.100. The first kappa shape index (κ1) is 18.4. The molecule has 4 N–H and O–H groups in total. The van der Waals surface area contributed by atoms with Crippen molar-refractivity contribution in [3.05, 3.63) is 17.5 Å². The molecule has 1 amide bonds. The van der Waals surface area contributed by atoms with E-state index in [1.54, 1.807) is 6.20 Å². The number of aromatic nitrogens is 3. The monoisotopic (exact) mass is 333 g/mol. The second-order valence-corrected chi connectivity index (χ2v) is 9.52. The van der Waals surface area contributed by atoms with Crippen LogP contribution in [0.3, 0.4) is 0 Å². The molecule has 0 aliphatic heterocycles. The van der Waals surface area contributed by atoms with Crippen LogP contribution in [0, 0.1) is 5.41 Å². The average Bonchev–Trinajstić information content (AvgIpc) is 2.84. The van der Waals surface area contributed by atoms with Gasteiger partial charge in [0.25, 0.3) is 5.91 Å². The molecule has 134 valence electrons. The number of amides is 1. The van der Waals surface area contributed by atoms with E-state index >= 15 is 0 Å². The molecule has 0 aliphatic rings. The zero-order valence-corrected chi connectivity index (χ0v) is 16.2. The van der Waals surface area contributed by atoms with Gasteiger partial charge < -0.3 is 11.1 Å². The maximum Gasteiger partial charge on any atom is 0.254 e. The van der Waals surface area contributed by atoms with Crippen LogP contribution in [0.15, 0.2) is 6.20 Å². The third-order valence-corrected chi connectivity index (χ3v) is 3.86. The number of nitrogens with zero attached hydrogens (tertiary/aromatic N) is 2. The predicted octanol–water partition coefficient (Wildman–Crippen LogP) is 3.69. The van der Waals surface area contributed by atoms with Gasteiger partial charge in [0.1, 0.15) is 5.56 Å². The molecule has 0 spiro atoms. The zero-order chi connectivity index (χ0) is 18.5. The molecule has 2 aromatic heterocycles. The quantitative estimate of drug-likeness (QED) is 0.797. The lowest BCUT2D eigenvalue weighted by Crippen LogP contribution is -2.36. The first-order valence-corrected chi connectivity index (χ1v) is 8.40. The Morgan fingerprint density at radius 1 is 1.21 bits per heavy atom. The average molecular weight is 333 g/mol. The fourth-order valence-corrected chi connectivity index (χ4v) is 3.43. The lowest BCUT2D eigenvalue weighted by atomic mass is 9.81. The van der Waals surface area contributed by atoms with Crippen molar-refractivity contribution >= 4 is 17.4 Å². The van der Waals surface area contributed by atoms with E-state index in [0.717, 1.165) is 17.9 Å². The minimum Gasteiger partial charge on any atom is -0.365 e. The molecule has 0 fully saturated rings. The molecule has 0 radical (unpaired) electrons. The van der Waals surface area contributed by atoms with E-state index in [4.69, 9.17) is 10.7 Å². The van der Waals surface area contributed by atoms with Gasteiger partial charge in [-0.25, -0.2) is 9.50 Å². The van der Waals surface area contributed by atoms with Gasteiger partial charge >= 0.3 is 0 Å². The molecular formula is C18H31N5O. The Morgan fingerprint density at radius 2 is 1.79 bits per heavy atom. The van der Waals surface area contributed by atoms with Crippen molar-refractivity contribution in [1.82, 2.24) is 14.6 Å². The third kappa shape index (κ3) is 3.74. The number of anilines is 1. The standard InChI is InChI=1S/C18H31N5O/c1-16(2,3)10-18(7,8)22-15-12(17(4,5)6)21-14-11(13(19)24)9-20-23(14)15/h9,20,22H,10H2,1-8H3,(H2,19,24). The van der Waals surface area contributed by atoms with Crippen molar-refractivity contribution in [3.8, 4) is 0 Å². The van der Waals surface area contributed by atoms with E-state index in [2.05, 4.69) is 65.8 Å². The first-order chi connectivity index (χ1) is 10.7. The van der Waals surface area contributed by atoms with Crippen LogP contribution in [-0.4, -0.2) is 26.0 Å². The number of primary amides is 1. The van der Waals surface area contributed by atoms with Crippen LogP contribution in [0.2, 0.25) is 0 Å². The summed E-state index contributed by atoms with van der Waals surface area (Å²) in [6.45, 7) is 17.4. The van der Waals surface area contributed by atoms with Gasteiger partial charge in [-0.3, -0.25) is 9.89 Å². The predicted molar refractivity (Wildman–Crippen MR) is 98.5 cm³/mol. The molecule has 0 saturated carbocycles. The number of imidazole rings is 1. The summed E-state index contributed by atoms with van der Waals surface area (Å²) in [7, 11) is 0. The summed E-state index contributed by atoms with van der Waals surface area (Å²) in [5.41, 5.74) is 7.26. The van der Waals surface area contributed by atoms with Crippen LogP contribution in [0.5, 0.6) is 0 Å². The van der Waals surface area contributed by atoms with Gasteiger partial charge in [-0.1, -0.05) is 41.5 Å². The van der Waals surface area contributed by atoms with Crippen molar-refractivity contribution in [2.45, 2.75) is 72.8 Å². The highest BCUT2D eigenvalue weighted by atomic mass is 16.1. The smallest absolute Gasteiger partial charge is 0.254 e. The van der Waals surface area contributed by atoms with Crippen molar-refractivity contribution < 1.29 is 4.79 Å². The summed E-state index contributed by atoms with van der Waals surface area (Å²) in [4.78, 5) is 16.4. The molecule has 2 rings (SSSR count). The number of aromatic amines is 1. The molecule has 0 aromatic carbocycles. The topological polar surface area (TPSA) is 88.2 Å². The van der Waals surface area contributed by atoms with E-state index in [1.165, 1.54) is 0 Å². The molecule has 24 heavy (non-hydrogen) atoms. The minimum absolute atomic E-state index is 0.133. The number of nitrogens with two attached hydrogens (primary N) is 1. The number of rotatable bonds is 4. The summed E-state index contributed by atoms with van der Waals surface area (Å²) < 4.78 is 1.82. The van der Waals surface area contributed by atoms with Crippen molar-refractivity contribution in [2.24, 2.45) is 11.1 Å². The number of fused-ring (bicyclic) bond motifs is 1. The lowest BCUT2D eigenvalue weighted by Gasteiger charge is -2.34. The van der Waals surface area contributed by atoms with Crippen LogP contribution in [0.25, 0.3) is 5.65 Å². The highest BCUT2D eigenvalue weighted by molar-refractivity contribution is 5.99. The van der Waals surface area contributed by atoms with Crippen molar-refractivity contribution in [1.29, 1.82) is 0 Å². The Bertz CT molecular complexity index is 753. The van der Waals surface area contributed by atoms with E-state index < -0.39 is 5.91 Å². The minimum atomic E-state index is -0.479. The molecule has 0 aliphatic carbocycles. The van der Waals surface area contributed by atoms with Gasteiger partial charge in [0, 0.05) is 17.2 Å². The molecule has 0 atom stereocenters. The largest absolute Gasteiger partial charge is 0.365 e. The molecule has 6 heteroatoms. The SMILES string of the molecule is CC(C)(C)CC(C)(C)Nc1c(C(C)(C)C)nc2c(C(N)=O)c[nH]n12. The van der Waals surface area contributed by atoms with Gasteiger partial charge in [0.2, 0.25) is 0 Å². The second-order valence-electron chi connectivity index (χ2n) is 9.52. The Kier molecular flexibility index (Phi) is 4.23. The van der Waals surface area contributed by atoms with E-state index in [9.17, 15) is 4.79 Å². The van der Waals surface area contributed by atoms with Crippen LogP contribution in [0.4, 0.5) is 5.82 Å². The van der Waals surface area contributed by atoms with Crippen LogP contribution in [0.1, 0.15) is 77.9 Å². The van der Waals surface area contributed by atoms with E-state index in [0.29, 0.717) is 11.2 Å². The molecule has 2 heterocycles. The van der Waals surface area contributed by atoms with Crippen LogP contribution >= 0.6 is 0 Å². The summed E-state index contributed by atoms with van der Waals surface area (Å²) >= 11 is 0. The molecule has 0 saturated heterocycles. The molecule has 0 bridgehead atoms. The highest BCUT2D eigenvalue weighted by Crippen LogP contribution is 2.35. The van der Waals surface area contributed by atoms with Gasteiger partial charge in [0.05, 0.1) is 5.69 Å². The zero-order valence-electron chi connectivity index (χ0n) is 16.2. The van der Waals surface area contributed by atoms with E-state index in [-0.39, 0.29) is 16.4 Å². The van der Waals surface area contributed by atoms with E-state index in [1.807, 2.05) is 4.52 Å². The normalized spacial score (nSPS) is 13.5. The molecular weight excluding hydrogens is 302 g/mol. The number of hydrogen-bond acceptors (Lipinski definition) is 3. The summed E-state index contributed by atoms with van der Waals surface area (Å²) in [6, 6.07) is 0. The highest BCUT2D eigenvalue weighted by Gasteiger charge is 2.32. The second kappa shape index (κ2) is 5.53. The molecule has 6 nitrogen and oxygen atoms in total. The number of hydrogen-bond donors (Lipinski definition) is 3. The fourth-order valence-electron chi connectivity index (χ4n) is 3.43. The number of H-pyrrole nitrogens is 1. The Labute approximate surface area is 144 Å². The van der Waals surface area contributed by atoms with Crippen LogP contribution < -0.4 is 11.1 Å². The summed E-state index contributed by atoms with van der Waals surface area (Å²) in [5.74, 6) is 0.409. The van der Waals surface area contributed by atoms with Crippen molar-refractivity contribution in [2.75, 3.05) is 5.32 Å².